The van der Waals surface area contributed by atoms with Crippen LogP contribution in [0.5, 0.6) is 0 Å². The molecule has 0 aliphatic rings. The van der Waals surface area contributed by atoms with Gasteiger partial charge in [0, 0.05) is 6.61 Å². The first-order valence-electron chi connectivity index (χ1n) is 5.87. The van der Waals surface area contributed by atoms with E-state index in [2.05, 4.69) is 36.1 Å². The van der Waals surface area contributed by atoms with E-state index in [0.29, 0.717) is 0 Å². The van der Waals surface area contributed by atoms with E-state index in [1.165, 1.54) is 41.3 Å². The summed E-state index contributed by atoms with van der Waals surface area (Å²) in [6.07, 6.45) is 10.2. The average Bonchev–Trinajstić information content (AvgIpc) is 2.25. The molecule has 0 aliphatic carbocycles. The quantitative estimate of drug-likeness (QED) is 0.373. The van der Waals surface area contributed by atoms with Crippen LogP contribution in [0, 0.1) is 0 Å². The number of aliphatic hydroxyl groups is 1. The smallest absolute Gasteiger partial charge is 0.0434 e. The van der Waals surface area contributed by atoms with Crippen molar-refractivity contribution in [1.29, 1.82) is 0 Å². The summed E-state index contributed by atoms with van der Waals surface area (Å²) in [4.78, 5) is 0. The molecular formula is C13H23IO. The molecule has 0 bridgehead atoms. The minimum Gasteiger partial charge on any atom is -0.396 e. The van der Waals surface area contributed by atoms with E-state index in [-0.39, 0.29) is 6.61 Å². The van der Waals surface area contributed by atoms with Crippen molar-refractivity contribution >= 4 is 22.6 Å². The molecule has 0 aliphatic heterocycles. The molecule has 0 radical (unpaired) electrons. The molecule has 0 rings (SSSR count). The van der Waals surface area contributed by atoms with E-state index in [1.54, 1.807) is 0 Å². The Hall–Kier alpha value is 0.170. The molecule has 0 spiro atoms. The molecule has 88 valence electrons. The molecule has 0 saturated heterocycles. The number of aliphatic hydroxyl groups excluding tert-OH is 1. The second kappa shape index (κ2) is 10.7. The Bertz CT molecular complexity index is 197. The van der Waals surface area contributed by atoms with E-state index in [4.69, 9.17) is 5.11 Å². The van der Waals surface area contributed by atoms with Gasteiger partial charge in [-0.1, -0.05) is 38.8 Å². The van der Waals surface area contributed by atoms with Crippen LogP contribution in [0.2, 0.25) is 0 Å². The van der Waals surface area contributed by atoms with Gasteiger partial charge in [-0.05, 0) is 57.4 Å². The molecule has 0 aromatic heterocycles. The fourth-order valence-corrected chi connectivity index (χ4v) is 2.36. The Morgan fingerprint density at radius 3 is 2.47 bits per heavy atom. The van der Waals surface area contributed by atoms with Gasteiger partial charge in [-0.3, -0.25) is 0 Å². The highest BCUT2D eigenvalue weighted by Gasteiger charge is 2.00. The van der Waals surface area contributed by atoms with Crippen molar-refractivity contribution in [3.63, 3.8) is 0 Å². The SMILES string of the molecule is C=C/C(CCCO)=C(/I)CCCCCC. The zero-order valence-corrected chi connectivity index (χ0v) is 11.9. The van der Waals surface area contributed by atoms with Gasteiger partial charge in [0.25, 0.3) is 0 Å². The lowest BCUT2D eigenvalue weighted by Crippen LogP contribution is -1.88. The van der Waals surface area contributed by atoms with Gasteiger partial charge in [0.15, 0.2) is 0 Å². The minimum absolute atomic E-state index is 0.275. The van der Waals surface area contributed by atoms with Gasteiger partial charge < -0.3 is 5.11 Å². The Labute approximate surface area is 108 Å². The standard InChI is InChI=1S/C13H23IO/c1-3-5-6-7-10-13(14)12(4-2)9-8-11-15/h4,15H,2-3,5-11H2,1H3/b13-12-. The van der Waals surface area contributed by atoms with Gasteiger partial charge in [0.2, 0.25) is 0 Å². The Balaban J connectivity index is 3.91. The summed E-state index contributed by atoms with van der Waals surface area (Å²) in [7, 11) is 0. The monoisotopic (exact) mass is 322 g/mol. The lowest BCUT2D eigenvalue weighted by molar-refractivity contribution is 0.289. The largest absolute Gasteiger partial charge is 0.396 e. The van der Waals surface area contributed by atoms with Crippen LogP contribution >= 0.6 is 22.6 Å². The number of hydrogen-bond acceptors (Lipinski definition) is 1. The maximum atomic E-state index is 8.78. The Morgan fingerprint density at radius 1 is 1.20 bits per heavy atom. The third-order valence-electron chi connectivity index (χ3n) is 2.45. The zero-order valence-electron chi connectivity index (χ0n) is 9.77. The first kappa shape index (κ1) is 15.2. The first-order valence-corrected chi connectivity index (χ1v) is 6.95. The second-order valence-corrected chi connectivity index (χ2v) is 5.07. The number of hydrogen-bond donors (Lipinski definition) is 1. The zero-order chi connectivity index (χ0) is 11.5. The highest BCUT2D eigenvalue weighted by Crippen LogP contribution is 2.24. The molecule has 0 unspecified atom stereocenters. The van der Waals surface area contributed by atoms with Crippen LogP contribution in [0.25, 0.3) is 0 Å². The first-order chi connectivity index (χ1) is 7.26. The van der Waals surface area contributed by atoms with Crippen LogP contribution in [0.15, 0.2) is 21.8 Å². The van der Waals surface area contributed by atoms with Crippen molar-refractivity contribution in [1.82, 2.24) is 0 Å². The van der Waals surface area contributed by atoms with Crippen molar-refractivity contribution in [3.05, 3.63) is 21.8 Å². The third kappa shape index (κ3) is 8.03. The minimum atomic E-state index is 0.275. The molecule has 1 N–H and O–H groups in total. The van der Waals surface area contributed by atoms with E-state index >= 15 is 0 Å². The molecule has 0 aromatic rings. The summed E-state index contributed by atoms with van der Waals surface area (Å²) < 4.78 is 1.42. The molecule has 0 fully saturated rings. The summed E-state index contributed by atoms with van der Waals surface area (Å²) >= 11 is 2.42. The molecular weight excluding hydrogens is 299 g/mol. The molecule has 2 heteroatoms. The summed E-state index contributed by atoms with van der Waals surface area (Å²) in [5.41, 5.74) is 1.32. The number of allylic oxidation sites excluding steroid dienone is 3. The Kier molecular flexibility index (Phi) is 10.8. The second-order valence-electron chi connectivity index (χ2n) is 3.77. The molecule has 0 atom stereocenters. The molecule has 0 aromatic carbocycles. The van der Waals surface area contributed by atoms with E-state index in [9.17, 15) is 0 Å². The molecule has 15 heavy (non-hydrogen) atoms. The molecule has 0 saturated carbocycles. The van der Waals surface area contributed by atoms with Crippen LogP contribution in [-0.2, 0) is 0 Å². The van der Waals surface area contributed by atoms with Crippen LogP contribution in [0.4, 0.5) is 0 Å². The van der Waals surface area contributed by atoms with E-state index in [0.717, 1.165) is 12.8 Å². The van der Waals surface area contributed by atoms with Crippen molar-refractivity contribution in [2.75, 3.05) is 6.61 Å². The predicted molar refractivity (Wildman–Crippen MR) is 76.3 cm³/mol. The number of halogens is 1. The van der Waals surface area contributed by atoms with Gasteiger partial charge in [0.05, 0.1) is 0 Å². The van der Waals surface area contributed by atoms with E-state index in [1.807, 2.05) is 6.08 Å². The third-order valence-corrected chi connectivity index (χ3v) is 3.68. The maximum Gasteiger partial charge on any atom is 0.0434 e. The van der Waals surface area contributed by atoms with Crippen molar-refractivity contribution in [2.45, 2.75) is 51.9 Å². The van der Waals surface area contributed by atoms with Crippen LogP contribution in [0.3, 0.4) is 0 Å². The highest BCUT2D eigenvalue weighted by atomic mass is 127. The van der Waals surface area contributed by atoms with Gasteiger partial charge in [-0.15, -0.1) is 0 Å². The van der Waals surface area contributed by atoms with Crippen LogP contribution in [0.1, 0.15) is 51.9 Å². The van der Waals surface area contributed by atoms with Crippen molar-refractivity contribution < 1.29 is 5.11 Å². The summed E-state index contributed by atoms with van der Waals surface area (Å²) in [5, 5.41) is 8.78. The topological polar surface area (TPSA) is 20.2 Å². The summed E-state index contributed by atoms with van der Waals surface area (Å²) in [6, 6.07) is 0. The summed E-state index contributed by atoms with van der Waals surface area (Å²) in [6.45, 7) is 6.34. The lowest BCUT2D eigenvalue weighted by atomic mass is 10.1. The lowest BCUT2D eigenvalue weighted by Gasteiger charge is -2.06. The normalized spacial score (nSPS) is 12.5. The highest BCUT2D eigenvalue weighted by molar-refractivity contribution is 14.1. The molecule has 0 amide bonds. The number of rotatable bonds is 9. The Morgan fingerprint density at radius 2 is 1.93 bits per heavy atom. The van der Waals surface area contributed by atoms with Crippen LogP contribution in [-0.4, -0.2) is 11.7 Å². The van der Waals surface area contributed by atoms with Gasteiger partial charge >= 0.3 is 0 Å². The molecule has 1 nitrogen and oxygen atoms in total. The van der Waals surface area contributed by atoms with Gasteiger partial charge in [-0.25, -0.2) is 0 Å². The van der Waals surface area contributed by atoms with Crippen LogP contribution < -0.4 is 0 Å². The van der Waals surface area contributed by atoms with Crippen molar-refractivity contribution in [2.24, 2.45) is 0 Å². The average molecular weight is 322 g/mol. The van der Waals surface area contributed by atoms with Crippen molar-refractivity contribution in [3.8, 4) is 0 Å². The van der Waals surface area contributed by atoms with Gasteiger partial charge in [0.1, 0.15) is 0 Å². The summed E-state index contributed by atoms with van der Waals surface area (Å²) in [5.74, 6) is 0. The fourth-order valence-electron chi connectivity index (χ4n) is 1.49. The van der Waals surface area contributed by atoms with E-state index < -0.39 is 0 Å². The fraction of sp³-hybridized carbons (Fsp3) is 0.692. The van der Waals surface area contributed by atoms with Gasteiger partial charge in [-0.2, -0.15) is 0 Å². The molecule has 0 heterocycles. The maximum absolute atomic E-state index is 8.78. The number of unbranched alkanes of at least 4 members (excludes halogenated alkanes) is 3. The predicted octanol–water partition coefficient (Wildman–Crippen LogP) is 4.60.